The molecule has 0 unspecified atom stereocenters. The third kappa shape index (κ3) is 7.14. The monoisotopic (exact) mass is 319 g/mol. The molecule has 1 N–H and O–H groups in total. The maximum atomic E-state index is 11.7. The maximum Gasteiger partial charge on any atom is 0.306 e. The lowest BCUT2D eigenvalue weighted by Gasteiger charge is -2.23. The van der Waals surface area contributed by atoms with E-state index in [0.717, 1.165) is 39.0 Å². The fourth-order valence-electron chi connectivity index (χ4n) is 2.63. The van der Waals surface area contributed by atoms with Crippen LogP contribution in [-0.4, -0.2) is 30.8 Å². The van der Waals surface area contributed by atoms with Crippen LogP contribution >= 0.6 is 0 Å². The number of carbonyl (C=O) groups excluding carboxylic acids is 1. The van der Waals surface area contributed by atoms with E-state index in [2.05, 4.69) is 29.6 Å². The Bertz CT molecular complexity index is 484. The summed E-state index contributed by atoms with van der Waals surface area (Å²) < 4.78 is 10.7. The Morgan fingerprint density at radius 3 is 2.39 bits per heavy atom. The quantitative estimate of drug-likeness (QED) is 0.818. The minimum absolute atomic E-state index is 0.136. The van der Waals surface area contributed by atoms with Gasteiger partial charge in [-0.1, -0.05) is 24.3 Å². The Kier molecular flexibility index (Phi) is 6.60. The highest BCUT2D eigenvalue weighted by atomic mass is 16.6. The van der Waals surface area contributed by atoms with Crippen molar-refractivity contribution in [3.05, 3.63) is 35.4 Å². The second-order valence-electron chi connectivity index (χ2n) is 7.17. The fourth-order valence-corrected chi connectivity index (χ4v) is 2.63. The molecule has 0 saturated carbocycles. The van der Waals surface area contributed by atoms with Crippen LogP contribution in [0.15, 0.2) is 24.3 Å². The van der Waals surface area contributed by atoms with Gasteiger partial charge in [0.2, 0.25) is 0 Å². The van der Waals surface area contributed by atoms with Crippen molar-refractivity contribution >= 4 is 5.97 Å². The van der Waals surface area contributed by atoms with Crippen molar-refractivity contribution in [3.8, 4) is 0 Å². The highest BCUT2D eigenvalue weighted by Crippen LogP contribution is 2.12. The zero-order valence-corrected chi connectivity index (χ0v) is 14.6. The number of hydrogen-bond donors (Lipinski definition) is 1. The molecule has 2 rings (SSSR count). The summed E-state index contributed by atoms with van der Waals surface area (Å²) >= 11 is 0. The summed E-state index contributed by atoms with van der Waals surface area (Å²) in [5, 5.41) is 3.58. The predicted octanol–water partition coefficient (Wildman–Crippen LogP) is 3.23. The van der Waals surface area contributed by atoms with Crippen LogP contribution < -0.4 is 5.32 Å². The molecule has 1 aromatic carbocycles. The lowest BCUT2D eigenvalue weighted by atomic mass is 10.1. The maximum absolute atomic E-state index is 11.7. The first-order valence-electron chi connectivity index (χ1n) is 8.53. The summed E-state index contributed by atoms with van der Waals surface area (Å²) in [6.07, 6.45) is 3.33. The van der Waals surface area contributed by atoms with Gasteiger partial charge >= 0.3 is 5.97 Å². The minimum atomic E-state index is -0.406. The molecule has 0 spiro atoms. The molecule has 0 amide bonds. The average molecular weight is 319 g/mol. The van der Waals surface area contributed by atoms with E-state index in [-0.39, 0.29) is 5.97 Å². The van der Waals surface area contributed by atoms with Crippen molar-refractivity contribution in [2.45, 2.75) is 64.6 Å². The molecular weight excluding hydrogens is 290 g/mol. The normalized spacial score (nSPS) is 16.3. The first-order valence-corrected chi connectivity index (χ1v) is 8.53. The number of rotatable bonds is 6. The van der Waals surface area contributed by atoms with Gasteiger partial charge in [-0.05, 0) is 51.2 Å². The van der Waals surface area contributed by atoms with Gasteiger partial charge in [0.15, 0.2) is 0 Å². The third-order valence-electron chi connectivity index (χ3n) is 3.88. The number of esters is 1. The fraction of sp³-hybridized carbons (Fsp3) is 0.632. The first-order chi connectivity index (χ1) is 10.9. The summed E-state index contributed by atoms with van der Waals surface area (Å²) in [6, 6.07) is 9.04. The first kappa shape index (κ1) is 18.0. The molecule has 1 aromatic rings. The average Bonchev–Trinajstić information content (AvgIpc) is 2.51. The number of aryl methyl sites for hydroxylation is 1. The van der Waals surface area contributed by atoms with Gasteiger partial charge in [-0.25, -0.2) is 0 Å². The van der Waals surface area contributed by atoms with Crippen LogP contribution in [0.25, 0.3) is 0 Å². The zero-order valence-electron chi connectivity index (χ0n) is 14.6. The van der Waals surface area contributed by atoms with E-state index in [9.17, 15) is 4.79 Å². The zero-order chi connectivity index (χ0) is 16.7. The molecule has 0 atom stereocenters. The van der Waals surface area contributed by atoms with E-state index in [1.807, 2.05) is 20.8 Å². The highest BCUT2D eigenvalue weighted by Gasteiger charge is 2.16. The van der Waals surface area contributed by atoms with Gasteiger partial charge < -0.3 is 14.8 Å². The molecule has 1 heterocycles. The van der Waals surface area contributed by atoms with E-state index in [1.54, 1.807) is 0 Å². The SMILES string of the molecule is CC(C)(C)OC(=O)CCc1ccc(CNC2CCOCC2)cc1. The molecule has 0 aromatic heterocycles. The molecule has 23 heavy (non-hydrogen) atoms. The molecule has 1 aliphatic rings. The van der Waals surface area contributed by atoms with Crippen molar-refractivity contribution in [1.82, 2.24) is 5.32 Å². The topological polar surface area (TPSA) is 47.6 Å². The van der Waals surface area contributed by atoms with Crippen LogP contribution in [0.2, 0.25) is 0 Å². The van der Waals surface area contributed by atoms with E-state index < -0.39 is 5.60 Å². The standard InChI is InChI=1S/C19H29NO3/c1-19(2,3)23-18(21)9-8-15-4-6-16(7-5-15)14-20-17-10-12-22-13-11-17/h4-7,17,20H,8-14H2,1-3H3. The third-order valence-corrected chi connectivity index (χ3v) is 3.88. The van der Waals surface area contributed by atoms with E-state index in [0.29, 0.717) is 12.5 Å². The Morgan fingerprint density at radius 1 is 1.17 bits per heavy atom. The predicted molar refractivity (Wildman–Crippen MR) is 91.3 cm³/mol. The van der Waals surface area contributed by atoms with Gasteiger partial charge in [-0.15, -0.1) is 0 Å². The van der Waals surface area contributed by atoms with Crippen LogP contribution in [0.1, 0.15) is 51.2 Å². The number of ether oxygens (including phenoxy) is 2. The van der Waals surface area contributed by atoms with Gasteiger partial charge in [-0.2, -0.15) is 0 Å². The van der Waals surface area contributed by atoms with Gasteiger partial charge in [0.1, 0.15) is 5.60 Å². The Balaban J connectivity index is 1.72. The summed E-state index contributed by atoms with van der Waals surface area (Å²) in [7, 11) is 0. The van der Waals surface area contributed by atoms with Crippen LogP contribution in [0.5, 0.6) is 0 Å². The van der Waals surface area contributed by atoms with Crippen molar-refractivity contribution in [2.75, 3.05) is 13.2 Å². The smallest absolute Gasteiger partial charge is 0.306 e. The van der Waals surface area contributed by atoms with Crippen LogP contribution in [0, 0.1) is 0 Å². The van der Waals surface area contributed by atoms with Gasteiger partial charge in [0, 0.05) is 32.2 Å². The van der Waals surface area contributed by atoms with E-state index in [4.69, 9.17) is 9.47 Å². The number of hydrogen-bond acceptors (Lipinski definition) is 4. The Hall–Kier alpha value is -1.39. The van der Waals surface area contributed by atoms with Gasteiger partial charge in [0.05, 0.1) is 0 Å². The summed E-state index contributed by atoms with van der Waals surface area (Å²) in [5.74, 6) is -0.136. The van der Waals surface area contributed by atoms with Crippen molar-refractivity contribution in [1.29, 1.82) is 0 Å². The van der Waals surface area contributed by atoms with Crippen LogP contribution in [-0.2, 0) is 27.2 Å². The highest BCUT2D eigenvalue weighted by molar-refractivity contribution is 5.70. The van der Waals surface area contributed by atoms with Gasteiger partial charge in [0.25, 0.3) is 0 Å². The van der Waals surface area contributed by atoms with Gasteiger partial charge in [-0.3, -0.25) is 4.79 Å². The summed E-state index contributed by atoms with van der Waals surface area (Å²) in [5.41, 5.74) is 2.04. The van der Waals surface area contributed by atoms with E-state index >= 15 is 0 Å². The summed E-state index contributed by atoms with van der Waals surface area (Å²) in [4.78, 5) is 11.7. The number of nitrogens with one attached hydrogen (secondary N) is 1. The second kappa shape index (κ2) is 8.46. The second-order valence-corrected chi connectivity index (χ2v) is 7.17. The molecule has 0 bridgehead atoms. The van der Waals surface area contributed by atoms with Crippen molar-refractivity contribution in [3.63, 3.8) is 0 Å². The summed E-state index contributed by atoms with van der Waals surface area (Å²) in [6.45, 7) is 8.29. The van der Waals surface area contributed by atoms with Crippen molar-refractivity contribution < 1.29 is 14.3 Å². The Labute approximate surface area is 139 Å². The van der Waals surface area contributed by atoms with Crippen LogP contribution in [0.3, 0.4) is 0 Å². The largest absolute Gasteiger partial charge is 0.460 e. The lowest BCUT2D eigenvalue weighted by Crippen LogP contribution is -2.34. The molecule has 128 valence electrons. The molecule has 1 fully saturated rings. The molecule has 0 aliphatic carbocycles. The Morgan fingerprint density at radius 2 is 1.78 bits per heavy atom. The molecule has 4 nitrogen and oxygen atoms in total. The molecule has 1 aliphatic heterocycles. The van der Waals surface area contributed by atoms with Crippen LogP contribution in [0.4, 0.5) is 0 Å². The van der Waals surface area contributed by atoms with E-state index in [1.165, 1.54) is 11.1 Å². The molecular formula is C19H29NO3. The minimum Gasteiger partial charge on any atom is -0.460 e. The molecule has 1 saturated heterocycles. The molecule has 4 heteroatoms. The van der Waals surface area contributed by atoms with Crippen molar-refractivity contribution in [2.24, 2.45) is 0 Å². The number of carbonyl (C=O) groups is 1. The number of benzene rings is 1. The lowest BCUT2D eigenvalue weighted by molar-refractivity contribution is -0.154. The molecule has 0 radical (unpaired) electrons.